The SMILES string of the molecule is NC(=O)c1cccc(-c2cnn3c(N4CCN(c5ccccn5)CC4)ccnc23)c1. The van der Waals surface area contributed by atoms with Gasteiger partial charge in [-0.05, 0) is 35.9 Å². The molecule has 0 radical (unpaired) electrons. The lowest BCUT2D eigenvalue weighted by Gasteiger charge is -2.36. The van der Waals surface area contributed by atoms with Crippen molar-refractivity contribution in [3.63, 3.8) is 0 Å². The molecule has 5 rings (SSSR count). The van der Waals surface area contributed by atoms with Crippen LogP contribution in [0.4, 0.5) is 11.6 Å². The average molecular weight is 399 g/mol. The van der Waals surface area contributed by atoms with E-state index in [1.54, 1.807) is 24.5 Å². The lowest BCUT2D eigenvalue weighted by Crippen LogP contribution is -2.47. The Bertz CT molecular complexity index is 1200. The third-order valence-corrected chi connectivity index (χ3v) is 5.42. The van der Waals surface area contributed by atoms with Gasteiger partial charge in [-0.2, -0.15) is 9.61 Å². The maximum Gasteiger partial charge on any atom is 0.248 e. The molecule has 30 heavy (non-hydrogen) atoms. The molecule has 0 atom stereocenters. The summed E-state index contributed by atoms with van der Waals surface area (Å²) in [5, 5.41) is 4.59. The van der Waals surface area contributed by atoms with Gasteiger partial charge < -0.3 is 15.5 Å². The number of carbonyl (C=O) groups excluding carboxylic acids is 1. The normalized spacial score (nSPS) is 14.3. The van der Waals surface area contributed by atoms with E-state index in [9.17, 15) is 4.79 Å². The molecule has 1 aromatic carbocycles. The highest BCUT2D eigenvalue weighted by Crippen LogP contribution is 2.27. The first-order valence-corrected chi connectivity index (χ1v) is 9.84. The van der Waals surface area contributed by atoms with Gasteiger partial charge in [0.05, 0.1) is 6.20 Å². The minimum atomic E-state index is -0.451. The van der Waals surface area contributed by atoms with Crippen LogP contribution in [0.5, 0.6) is 0 Å². The Hall–Kier alpha value is -3.94. The molecule has 1 aliphatic rings. The Labute approximate surface area is 173 Å². The molecule has 1 fully saturated rings. The van der Waals surface area contributed by atoms with Crippen molar-refractivity contribution in [1.29, 1.82) is 0 Å². The van der Waals surface area contributed by atoms with E-state index in [1.165, 1.54) is 0 Å². The minimum absolute atomic E-state index is 0.451. The zero-order valence-corrected chi connectivity index (χ0v) is 16.3. The molecular formula is C22H21N7O. The largest absolute Gasteiger partial charge is 0.366 e. The summed E-state index contributed by atoms with van der Waals surface area (Å²) >= 11 is 0. The van der Waals surface area contributed by atoms with Crippen molar-refractivity contribution >= 4 is 23.2 Å². The third-order valence-electron chi connectivity index (χ3n) is 5.42. The summed E-state index contributed by atoms with van der Waals surface area (Å²) in [5.74, 6) is 1.55. The number of piperazine rings is 1. The second-order valence-corrected chi connectivity index (χ2v) is 7.20. The second-order valence-electron chi connectivity index (χ2n) is 7.20. The Balaban J connectivity index is 1.43. The van der Waals surface area contributed by atoms with Gasteiger partial charge in [0.2, 0.25) is 5.91 Å². The van der Waals surface area contributed by atoms with E-state index >= 15 is 0 Å². The molecule has 150 valence electrons. The van der Waals surface area contributed by atoms with Crippen LogP contribution in [-0.4, -0.2) is 51.7 Å². The van der Waals surface area contributed by atoms with E-state index in [4.69, 9.17) is 5.73 Å². The van der Waals surface area contributed by atoms with Gasteiger partial charge in [-0.3, -0.25) is 4.79 Å². The lowest BCUT2D eigenvalue weighted by molar-refractivity contribution is 0.100. The van der Waals surface area contributed by atoms with Gasteiger partial charge in [-0.15, -0.1) is 0 Å². The first-order chi connectivity index (χ1) is 14.7. The molecule has 8 heteroatoms. The predicted octanol–water partition coefficient (Wildman–Crippen LogP) is 2.22. The quantitative estimate of drug-likeness (QED) is 0.566. The minimum Gasteiger partial charge on any atom is -0.366 e. The zero-order chi connectivity index (χ0) is 20.5. The highest BCUT2D eigenvalue weighted by molar-refractivity contribution is 5.94. The topological polar surface area (TPSA) is 92.7 Å². The number of primary amides is 1. The highest BCUT2D eigenvalue weighted by atomic mass is 16.1. The van der Waals surface area contributed by atoms with Crippen LogP contribution < -0.4 is 15.5 Å². The van der Waals surface area contributed by atoms with Gasteiger partial charge >= 0.3 is 0 Å². The summed E-state index contributed by atoms with van der Waals surface area (Å²) in [6.45, 7) is 3.50. The first kappa shape index (κ1) is 18.1. The molecule has 2 N–H and O–H groups in total. The highest BCUT2D eigenvalue weighted by Gasteiger charge is 2.21. The van der Waals surface area contributed by atoms with Gasteiger partial charge in [-0.1, -0.05) is 18.2 Å². The van der Waals surface area contributed by atoms with Crippen LogP contribution in [0.1, 0.15) is 10.4 Å². The van der Waals surface area contributed by atoms with Crippen molar-refractivity contribution in [1.82, 2.24) is 19.6 Å². The summed E-state index contributed by atoms with van der Waals surface area (Å²) in [5.41, 5.74) is 8.38. The van der Waals surface area contributed by atoms with Crippen molar-refractivity contribution < 1.29 is 4.79 Å². The molecule has 1 saturated heterocycles. The van der Waals surface area contributed by atoms with Crippen molar-refractivity contribution in [2.24, 2.45) is 5.73 Å². The number of hydrogen-bond donors (Lipinski definition) is 1. The molecule has 0 unspecified atom stereocenters. The van der Waals surface area contributed by atoms with Crippen molar-refractivity contribution in [3.8, 4) is 11.1 Å². The van der Waals surface area contributed by atoms with Gasteiger partial charge in [-0.25, -0.2) is 9.97 Å². The summed E-state index contributed by atoms with van der Waals surface area (Å²) in [7, 11) is 0. The standard InChI is InChI=1S/C22H21N7O/c23-21(30)17-5-3-4-16(14-17)18-15-26-29-20(7-9-25-22(18)29)28-12-10-27(11-13-28)19-6-1-2-8-24-19/h1-9,14-15H,10-13H2,(H2,23,30). The average Bonchev–Trinajstić information content (AvgIpc) is 3.24. The van der Waals surface area contributed by atoms with E-state index in [2.05, 4.69) is 24.9 Å². The number of pyridine rings is 1. The monoisotopic (exact) mass is 399 g/mol. The molecule has 1 amide bonds. The second kappa shape index (κ2) is 7.47. The van der Waals surface area contributed by atoms with Gasteiger partial charge in [0.1, 0.15) is 11.6 Å². The fraction of sp³-hybridized carbons (Fsp3) is 0.182. The number of rotatable bonds is 4. The van der Waals surface area contributed by atoms with E-state index in [0.717, 1.165) is 54.6 Å². The maximum atomic E-state index is 11.5. The number of carbonyl (C=O) groups is 1. The fourth-order valence-corrected chi connectivity index (χ4v) is 3.87. The molecule has 4 heterocycles. The first-order valence-electron chi connectivity index (χ1n) is 9.84. The predicted molar refractivity (Wildman–Crippen MR) is 116 cm³/mol. The molecule has 0 bridgehead atoms. The molecule has 4 aromatic rings. The van der Waals surface area contributed by atoms with Crippen molar-refractivity contribution in [2.75, 3.05) is 36.0 Å². The van der Waals surface area contributed by atoms with E-state index in [0.29, 0.717) is 5.56 Å². The smallest absolute Gasteiger partial charge is 0.248 e. The summed E-state index contributed by atoms with van der Waals surface area (Å²) < 4.78 is 1.86. The van der Waals surface area contributed by atoms with Gasteiger partial charge in [0.25, 0.3) is 0 Å². The summed E-state index contributed by atoms with van der Waals surface area (Å²) in [4.78, 5) is 25.1. The van der Waals surface area contributed by atoms with Crippen LogP contribution in [0, 0.1) is 0 Å². The zero-order valence-electron chi connectivity index (χ0n) is 16.3. The number of hydrogen-bond acceptors (Lipinski definition) is 6. The van der Waals surface area contributed by atoms with Crippen LogP contribution in [0.25, 0.3) is 16.8 Å². The van der Waals surface area contributed by atoms with Crippen LogP contribution in [0.3, 0.4) is 0 Å². The van der Waals surface area contributed by atoms with Crippen LogP contribution in [0.15, 0.2) is 67.1 Å². The number of nitrogens with zero attached hydrogens (tertiary/aromatic N) is 6. The fourth-order valence-electron chi connectivity index (χ4n) is 3.87. The van der Waals surface area contributed by atoms with E-state index in [1.807, 2.05) is 47.1 Å². The number of anilines is 2. The lowest BCUT2D eigenvalue weighted by atomic mass is 10.1. The van der Waals surface area contributed by atoms with E-state index < -0.39 is 5.91 Å². The van der Waals surface area contributed by atoms with Gasteiger partial charge in [0.15, 0.2) is 5.65 Å². The van der Waals surface area contributed by atoms with Crippen molar-refractivity contribution in [3.05, 3.63) is 72.7 Å². The summed E-state index contributed by atoms with van der Waals surface area (Å²) in [6.07, 6.45) is 5.42. The molecular weight excluding hydrogens is 378 g/mol. The number of fused-ring (bicyclic) bond motifs is 1. The molecule has 0 saturated carbocycles. The number of benzene rings is 1. The van der Waals surface area contributed by atoms with E-state index in [-0.39, 0.29) is 0 Å². The third kappa shape index (κ3) is 3.22. The Morgan fingerprint density at radius 2 is 1.73 bits per heavy atom. The molecule has 0 spiro atoms. The Kier molecular flexibility index (Phi) is 4.51. The number of aromatic nitrogens is 4. The van der Waals surface area contributed by atoms with Crippen molar-refractivity contribution in [2.45, 2.75) is 0 Å². The van der Waals surface area contributed by atoms with Crippen LogP contribution >= 0.6 is 0 Å². The molecule has 3 aromatic heterocycles. The maximum absolute atomic E-state index is 11.5. The number of nitrogens with two attached hydrogens (primary N) is 1. The number of amides is 1. The molecule has 1 aliphatic heterocycles. The summed E-state index contributed by atoms with van der Waals surface area (Å²) in [6, 6.07) is 15.2. The van der Waals surface area contributed by atoms with Gasteiger partial charge in [0, 0.05) is 49.7 Å². The Morgan fingerprint density at radius 3 is 2.50 bits per heavy atom. The Morgan fingerprint density at radius 1 is 0.900 bits per heavy atom. The van der Waals surface area contributed by atoms with Crippen LogP contribution in [-0.2, 0) is 0 Å². The molecule has 0 aliphatic carbocycles. The molecule has 8 nitrogen and oxygen atoms in total. The van der Waals surface area contributed by atoms with Crippen LogP contribution in [0.2, 0.25) is 0 Å².